The molecule has 1 saturated heterocycles. The number of nitrogens with one attached hydrogen (secondary N) is 1. The minimum atomic E-state index is -0.139. The molecule has 2 aromatic rings. The van der Waals surface area contributed by atoms with Crippen LogP contribution in [0.1, 0.15) is 38.5 Å². The molecule has 24 heavy (non-hydrogen) atoms. The standard InChI is InChI=1S/C17H24N6O/c1-22-15-13(10-21-22)16(20-11-19-15)23-8-7-18-17(24)14(23)9-12-5-3-2-4-6-12/h10-12,14H,2-9H2,1H3,(H,18,24)/t14-/m1/s1. The van der Waals surface area contributed by atoms with E-state index in [1.54, 1.807) is 17.2 Å². The first-order valence-electron chi connectivity index (χ1n) is 8.91. The number of carbonyl (C=O) groups is 1. The van der Waals surface area contributed by atoms with Gasteiger partial charge in [-0.3, -0.25) is 9.48 Å². The summed E-state index contributed by atoms with van der Waals surface area (Å²) in [6, 6.07) is -0.139. The van der Waals surface area contributed by atoms with Gasteiger partial charge in [0.05, 0.1) is 11.6 Å². The summed E-state index contributed by atoms with van der Waals surface area (Å²) in [5.41, 5.74) is 0.808. The number of anilines is 1. The van der Waals surface area contributed by atoms with Crippen molar-refractivity contribution in [1.82, 2.24) is 25.1 Å². The lowest BCUT2D eigenvalue weighted by molar-refractivity contribution is -0.123. The Morgan fingerprint density at radius 1 is 1.25 bits per heavy atom. The maximum atomic E-state index is 12.6. The summed E-state index contributed by atoms with van der Waals surface area (Å²) >= 11 is 0. The number of hydrogen-bond donors (Lipinski definition) is 1. The third-order valence-corrected chi connectivity index (χ3v) is 5.39. The number of rotatable bonds is 3. The van der Waals surface area contributed by atoms with Gasteiger partial charge >= 0.3 is 0 Å². The molecule has 2 fully saturated rings. The van der Waals surface area contributed by atoms with Crippen molar-refractivity contribution >= 4 is 22.8 Å². The molecule has 128 valence electrons. The lowest BCUT2D eigenvalue weighted by atomic mass is 9.84. The van der Waals surface area contributed by atoms with Gasteiger partial charge in [0.25, 0.3) is 0 Å². The minimum absolute atomic E-state index is 0.127. The van der Waals surface area contributed by atoms with Gasteiger partial charge in [-0.05, 0) is 12.3 Å². The Balaban J connectivity index is 1.66. The molecule has 2 aromatic heterocycles. The number of piperazine rings is 1. The van der Waals surface area contributed by atoms with Crippen LogP contribution in [0.3, 0.4) is 0 Å². The monoisotopic (exact) mass is 328 g/mol. The molecule has 1 amide bonds. The molecule has 1 aliphatic carbocycles. The van der Waals surface area contributed by atoms with E-state index in [1.807, 2.05) is 7.05 Å². The van der Waals surface area contributed by atoms with Gasteiger partial charge in [-0.15, -0.1) is 0 Å². The molecule has 4 rings (SSSR count). The summed E-state index contributed by atoms with van der Waals surface area (Å²) in [7, 11) is 1.88. The second-order valence-electron chi connectivity index (χ2n) is 6.94. The zero-order valence-electron chi connectivity index (χ0n) is 14.1. The van der Waals surface area contributed by atoms with E-state index >= 15 is 0 Å². The molecular formula is C17H24N6O. The first kappa shape index (κ1) is 15.4. The lowest BCUT2D eigenvalue weighted by Gasteiger charge is -2.38. The van der Waals surface area contributed by atoms with Crippen LogP contribution in [0.2, 0.25) is 0 Å². The van der Waals surface area contributed by atoms with Gasteiger partial charge in [0.15, 0.2) is 5.65 Å². The van der Waals surface area contributed by atoms with E-state index in [9.17, 15) is 4.79 Å². The fourth-order valence-corrected chi connectivity index (χ4v) is 4.12. The summed E-state index contributed by atoms with van der Waals surface area (Å²) in [5, 5.41) is 8.25. The van der Waals surface area contributed by atoms with E-state index < -0.39 is 0 Å². The van der Waals surface area contributed by atoms with Crippen LogP contribution < -0.4 is 10.2 Å². The maximum Gasteiger partial charge on any atom is 0.242 e. The fraction of sp³-hybridized carbons (Fsp3) is 0.647. The van der Waals surface area contributed by atoms with Gasteiger partial charge in [-0.25, -0.2) is 9.97 Å². The zero-order chi connectivity index (χ0) is 16.5. The highest BCUT2D eigenvalue weighted by molar-refractivity contribution is 5.92. The highest BCUT2D eigenvalue weighted by Gasteiger charge is 2.34. The van der Waals surface area contributed by atoms with Gasteiger partial charge in [0.2, 0.25) is 5.91 Å². The van der Waals surface area contributed by atoms with Crippen LogP contribution in [-0.4, -0.2) is 44.8 Å². The largest absolute Gasteiger partial charge is 0.353 e. The Labute approximate surface area is 141 Å². The molecule has 3 heterocycles. The van der Waals surface area contributed by atoms with Crippen LogP contribution in [0.15, 0.2) is 12.5 Å². The van der Waals surface area contributed by atoms with Crippen molar-refractivity contribution in [3.8, 4) is 0 Å². The molecule has 0 bridgehead atoms. The highest BCUT2D eigenvalue weighted by atomic mass is 16.2. The molecule has 1 atom stereocenters. The predicted molar refractivity (Wildman–Crippen MR) is 91.6 cm³/mol. The van der Waals surface area contributed by atoms with Gasteiger partial charge < -0.3 is 10.2 Å². The van der Waals surface area contributed by atoms with Crippen molar-refractivity contribution in [3.05, 3.63) is 12.5 Å². The Morgan fingerprint density at radius 2 is 2.08 bits per heavy atom. The van der Waals surface area contributed by atoms with E-state index in [-0.39, 0.29) is 11.9 Å². The lowest BCUT2D eigenvalue weighted by Crippen LogP contribution is -2.56. The molecule has 0 unspecified atom stereocenters. The number of aryl methyl sites for hydroxylation is 1. The molecule has 1 saturated carbocycles. The van der Waals surface area contributed by atoms with Crippen molar-refractivity contribution in [3.63, 3.8) is 0 Å². The van der Waals surface area contributed by atoms with Crippen LogP contribution in [0, 0.1) is 5.92 Å². The topological polar surface area (TPSA) is 75.9 Å². The van der Waals surface area contributed by atoms with Crippen LogP contribution in [-0.2, 0) is 11.8 Å². The molecule has 7 nitrogen and oxygen atoms in total. The van der Waals surface area contributed by atoms with Gasteiger partial charge in [0, 0.05) is 20.1 Å². The zero-order valence-corrected chi connectivity index (χ0v) is 14.1. The summed E-state index contributed by atoms with van der Waals surface area (Å²) < 4.78 is 1.75. The van der Waals surface area contributed by atoms with Crippen molar-refractivity contribution < 1.29 is 4.79 Å². The second-order valence-corrected chi connectivity index (χ2v) is 6.94. The number of carbonyl (C=O) groups excluding carboxylic acids is 1. The molecule has 7 heteroatoms. The van der Waals surface area contributed by atoms with Crippen molar-refractivity contribution in [1.29, 1.82) is 0 Å². The third kappa shape index (κ3) is 2.72. The van der Waals surface area contributed by atoms with Gasteiger partial charge in [-0.2, -0.15) is 5.10 Å². The summed E-state index contributed by atoms with van der Waals surface area (Å²) in [6.07, 6.45) is 10.7. The van der Waals surface area contributed by atoms with Crippen LogP contribution in [0.5, 0.6) is 0 Å². The smallest absolute Gasteiger partial charge is 0.242 e. The molecule has 0 spiro atoms. The number of amides is 1. The Hall–Kier alpha value is -2.18. The molecule has 1 N–H and O–H groups in total. The fourth-order valence-electron chi connectivity index (χ4n) is 4.12. The second kappa shape index (κ2) is 6.37. The van der Waals surface area contributed by atoms with Crippen molar-refractivity contribution in [2.24, 2.45) is 13.0 Å². The van der Waals surface area contributed by atoms with Gasteiger partial charge in [-0.1, -0.05) is 32.1 Å². The quantitative estimate of drug-likeness (QED) is 0.927. The SMILES string of the molecule is Cn1ncc2c(N3CCNC(=O)[C@H]3CC3CCCCC3)ncnc21. The summed E-state index contributed by atoms with van der Waals surface area (Å²) in [6.45, 7) is 1.44. The molecule has 0 aromatic carbocycles. The minimum Gasteiger partial charge on any atom is -0.353 e. The summed E-state index contributed by atoms with van der Waals surface area (Å²) in [4.78, 5) is 23.6. The number of fused-ring (bicyclic) bond motifs is 1. The van der Waals surface area contributed by atoms with Crippen LogP contribution >= 0.6 is 0 Å². The van der Waals surface area contributed by atoms with E-state index in [0.29, 0.717) is 12.5 Å². The molecule has 1 aliphatic heterocycles. The molecular weight excluding hydrogens is 304 g/mol. The normalized spacial score (nSPS) is 22.8. The number of hydrogen-bond acceptors (Lipinski definition) is 5. The van der Waals surface area contributed by atoms with E-state index in [2.05, 4.69) is 25.3 Å². The first-order chi connectivity index (χ1) is 11.7. The average molecular weight is 328 g/mol. The number of aromatic nitrogens is 4. The Morgan fingerprint density at radius 3 is 2.92 bits per heavy atom. The predicted octanol–water partition coefficient (Wildman–Crippen LogP) is 1.64. The van der Waals surface area contributed by atoms with E-state index in [4.69, 9.17) is 0 Å². The summed E-state index contributed by atoms with van der Waals surface area (Å²) in [5.74, 6) is 1.60. The van der Waals surface area contributed by atoms with Crippen molar-refractivity contribution in [2.75, 3.05) is 18.0 Å². The highest BCUT2D eigenvalue weighted by Crippen LogP contribution is 2.32. The Kier molecular flexibility index (Phi) is 4.08. The van der Waals surface area contributed by atoms with Gasteiger partial charge in [0.1, 0.15) is 18.2 Å². The number of nitrogens with zero attached hydrogens (tertiary/aromatic N) is 5. The van der Waals surface area contributed by atoms with Crippen LogP contribution in [0.25, 0.3) is 11.0 Å². The van der Waals surface area contributed by atoms with Crippen molar-refractivity contribution in [2.45, 2.75) is 44.6 Å². The molecule has 2 aliphatic rings. The Bertz CT molecular complexity index is 736. The first-order valence-corrected chi connectivity index (χ1v) is 8.91. The van der Waals surface area contributed by atoms with Crippen LogP contribution in [0.4, 0.5) is 5.82 Å². The van der Waals surface area contributed by atoms with E-state index in [1.165, 1.54) is 32.1 Å². The third-order valence-electron chi connectivity index (χ3n) is 5.39. The van der Waals surface area contributed by atoms with E-state index in [0.717, 1.165) is 29.8 Å². The maximum absolute atomic E-state index is 12.6. The average Bonchev–Trinajstić information content (AvgIpc) is 2.99. The molecule has 0 radical (unpaired) electrons.